The van der Waals surface area contributed by atoms with Gasteiger partial charge in [0.15, 0.2) is 0 Å². The summed E-state index contributed by atoms with van der Waals surface area (Å²) >= 11 is 4.39. The van der Waals surface area contributed by atoms with Gasteiger partial charge in [-0.1, -0.05) is 0 Å². The van der Waals surface area contributed by atoms with E-state index in [9.17, 15) is 0 Å². The van der Waals surface area contributed by atoms with Gasteiger partial charge in [0.05, 0.1) is 17.6 Å². The molecule has 0 bridgehead atoms. The lowest BCUT2D eigenvalue weighted by atomic mass is 10.2. The molecule has 1 aliphatic rings. The fraction of sp³-hybridized carbons (Fsp3) is 1.00. The van der Waals surface area contributed by atoms with Crippen LogP contribution in [0.1, 0.15) is 20.8 Å². The highest BCUT2D eigenvalue weighted by Gasteiger charge is 2.23. The largest absolute Gasteiger partial charge is 0.373 e. The molecule has 11 heavy (non-hydrogen) atoms. The summed E-state index contributed by atoms with van der Waals surface area (Å²) in [6.45, 7) is 8.34. The Bertz CT molecular complexity index is 119. The van der Waals surface area contributed by atoms with Gasteiger partial charge in [-0.15, -0.1) is 0 Å². The van der Waals surface area contributed by atoms with E-state index in [0.717, 1.165) is 13.1 Å². The van der Waals surface area contributed by atoms with E-state index in [-0.39, 0.29) is 0 Å². The van der Waals surface area contributed by atoms with Crippen molar-refractivity contribution in [3.05, 3.63) is 0 Å². The van der Waals surface area contributed by atoms with Crippen molar-refractivity contribution in [2.45, 2.75) is 38.4 Å². The molecule has 0 aromatic rings. The van der Waals surface area contributed by atoms with Crippen LogP contribution in [0.4, 0.5) is 0 Å². The highest BCUT2D eigenvalue weighted by molar-refractivity contribution is 7.80. The molecule has 3 atom stereocenters. The standard InChI is InChI=1S/C8H17NOS/c1-6-4-9(8(3)11)5-7(2)10-6/h6-8,11H,4-5H2,1-3H3/t6-,7-,8?/m0/s1. The summed E-state index contributed by atoms with van der Waals surface area (Å²) in [5, 5.41) is 0.351. The van der Waals surface area contributed by atoms with Gasteiger partial charge in [-0.05, 0) is 20.8 Å². The summed E-state index contributed by atoms with van der Waals surface area (Å²) in [6.07, 6.45) is 0.710. The second-order valence-electron chi connectivity index (χ2n) is 3.34. The van der Waals surface area contributed by atoms with Gasteiger partial charge in [0, 0.05) is 13.1 Å². The first-order valence-electron chi connectivity index (χ1n) is 4.17. The van der Waals surface area contributed by atoms with Gasteiger partial charge >= 0.3 is 0 Å². The second kappa shape index (κ2) is 3.78. The number of thiol groups is 1. The smallest absolute Gasteiger partial charge is 0.0678 e. The van der Waals surface area contributed by atoms with Gasteiger partial charge in [-0.3, -0.25) is 4.90 Å². The molecule has 0 aromatic carbocycles. The fourth-order valence-corrected chi connectivity index (χ4v) is 1.71. The Hall–Kier alpha value is 0.270. The molecule has 0 saturated carbocycles. The molecule has 66 valence electrons. The number of ether oxygens (including phenoxy) is 1. The lowest BCUT2D eigenvalue weighted by Crippen LogP contribution is -2.47. The third kappa shape index (κ3) is 2.65. The van der Waals surface area contributed by atoms with Crippen LogP contribution in [0.3, 0.4) is 0 Å². The van der Waals surface area contributed by atoms with Crippen LogP contribution in [0.5, 0.6) is 0 Å². The molecule has 1 fully saturated rings. The number of rotatable bonds is 1. The fourth-order valence-electron chi connectivity index (χ4n) is 1.52. The van der Waals surface area contributed by atoms with Crippen molar-refractivity contribution in [1.29, 1.82) is 0 Å². The maximum atomic E-state index is 5.59. The molecule has 0 amide bonds. The maximum absolute atomic E-state index is 5.59. The highest BCUT2D eigenvalue weighted by Crippen LogP contribution is 2.14. The molecule has 0 N–H and O–H groups in total. The molecule has 3 heteroatoms. The van der Waals surface area contributed by atoms with Crippen LogP contribution in [0, 0.1) is 0 Å². The predicted molar refractivity (Wildman–Crippen MR) is 50.0 cm³/mol. The average molecular weight is 175 g/mol. The lowest BCUT2D eigenvalue weighted by Gasteiger charge is -2.37. The summed E-state index contributed by atoms with van der Waals surface area (Å²) in [5.41, 5.74) is 0. The van der Waals surface area contributed by atoms with Gasteiger partial charge in [0.25, 0.3) is 0 Å². The van der Waals surface area contributed by atoms with E-state index in [0.29, 0.717) is 17.6 Å². The van der Waals surface area contributed by atoms with E-state index < -0.39 is 0 Å². The van der Waals surface area contributed by atoms with Gasteiger partial charge in [-0.25, -0.2) is 0 Å². The van der Waals surface area contributed by atoms with Crippen LogP contribution in [0.2, 0.25) is 0 Å². The summed E-state index contributed by atoms with van der Waals surface area (Å²) in [7, 11) is 0. The molecular formula is C8H17NOS. The third-order valence-electron chi connectivity index (χ3n) is 1.98. The van der Waals surface area contributed by atoms with Gasteiger partial charge in [0.1, 0.15) is 0 Å². The zero-order valence-electron chi connectivity index (χ0n) is 7.45. The minimum atomic E-state index is 0.351. The SMILES string of the molecule is CC(S)N1C[C@H](C)O[C@@H](C)C1. The molecule has 2 nitrogen and oxygen atoms in total. The molecule has 1 heterocycles. The quantitative estimate of drug-likeness (QED) is 0.604. The van der Waals surface area contributed by atoms with E-state index in [1.165, 1.54) is 0 Å². The first-order chi connectivity index (χ1) is 5.09. The van der Waals surface area contributed by atoms with Crippen LogP contribution in [-0.2, 0) is 4.74 Å². The average Bonchev–Trinajstić information content (AvgIpc) is 1.85. The number of morpholine rings is 1. The number of hydrogen-bond acceptors (Lipinski definition) is 3. The van der Waals surface area contributed by atoms with Crippen molar-refractivity contribution in [3.63, 3.8) is 0 Å². The van der Waals surface area contributed by atoms with Crippen molar-refractivity contribution in [2.24, 2.45) is 0 Å². The minimum Gasteiger partial charge on any atom is -0.373 e. The highest BCUT2D eigenvalue weighted by atomic mass is 32.1. The van der Waals surface area contributed by atoms with E-state index in [2.05, 4.69) is 38.3 Å². The molecule has 1 saturated heterocycles. The Balaban J connectivity index is 2.43. The predicted octanol–water partition coefficient (Wildman–Crippen LogP) is 1.37. The van der Waals surface area contributed by atoms with Crippen molar-refractivity contribution < 1.29 is 4.74 Å². The van der Waals surface area contributed by atoms with Crippen LogP contribution >= 0.6 is 12.6 Å². The van der Waals surface area contributed by atoms with Gasteiger partial charge < -0.3 is 4.74 Å². The number of nitrogens with zero attached hydrogens (tertiary/aromatic N) is 1. The summed E-state index contributed by atoms with van der Waals surface area (Å²) in [4.78, 5) is 2.34. The Morgan fingerprint density at radius 2 is 1.82 bits per heavy atom. The van der Waals surface area contributed by atoms with Crippen molar-refractivity contribution in [3.8, 4) is 0 Å². The topological polar surface area (TPSA) is 12.5 Å². The van der Waals surface area contributed by atoms with Crippen LogP contribution in [-0.4, -0.2) is 35.6 Å². The first-order valence-corrected chi connectivity index (χ1v) is 4.69. The molecule has 0 radical (unpaired) electrons. The van der Waals surface area contributed by atoms with Crippen molar-refractivity contribution in [1.82, 2.24) is 4.90 Å². The molecule has 0 aromatic heterocycles. The molecule has 0 spiro atoms. The summed E-state index contributed by atoms with van der Waals surface area (Å²) in [5.74, 6) is 0. The monoisotopic (exact) mass is 175 g/mol. The van der Waals surface area contributed by atoms with E-state index in [4.69, 9.17) is 4.74 Å². The summed E-state index contributed by atoms with van der Waals surface area (Å²) in [6, 6.07) is 0. The van der Waals surface area contributed by atoms with Gasteiger partial charge in [-0.2, -0.15) is 12.6 Å². The maximum Gasteiger partial charge on any atom is 0.0678 e. The van der Waals surface area contributed by atoms with E-state index >= 15 is 0 Å². The molecular weight excluding hydrogens is 158 g/mol. The molecule has 0 aliphatic carbocycles. The zero-order valence-corrected chi connectivity index (χ0v) is 8.34. The molecule has 1 rings (SSSR count). The van der Waals surface area contributed by atoms with Crippen LogP contribution < -0.4 is 0 Å². The van der Waals surface area contributed by atoms with Gasteiger partial charge in [0.2, 0.25) is 0 Å². The Kier molecular flexibility index (Phi) is 3.22. The van der Waals surface area contributed by atoms with Crippen molar-refractivity contribution >= 4 is 12.6 Å². The van der Waals surface area contributed by atoms with Crippen LogP contribution in [0.25, 0.3) is 0 Å². The number of hydrogen-bond donors (Lipinski definition) is 1. The first kappa shape index (κ1) is 9.36. The Morgan fingerprint density at radius 3 is 2.18 bits per heavy atom. The van der Waals surface area contributed by atoms with E-state index in [1.54, 1.807) is 0 Å². The van der Waals surface area contributed by atoms with E-state index in [1.807, 2.05) is 0 Å². The lowest BCUT2D eigenvalue weighted by molar-refractivity contribution is -0.0696. The normalized spacial score (nSPS) is 37.1. The molecule has 1 unspecified atom stereocenters. The zero-order chi connectivity index (χ0) is 8.43. The Morgan fingerprint density at radius 1 is 1.36 bits per heavy atom. The molecule has 1 aliphatic heterocycles. The summed E-state index contributed by atoms with van der Waals surface area (Å²) < 4.78 is 5.59. The Labute approximate surface area is 74.3 Å². The van der Waals surface area contributed by atoms with Crippen LogP contribution in [0.15, 0.2) is 0 Å². The third-order valence-corrected chi connectivity index (χ3v) is 2.30. The minimum absolute atomic E-state index is 0.351. The second-order valence-corrected chi connectivity index (χ2v) is 4.09. The van der Waals surface area contributed by atoms with Crippen molar-refractivity contribution in [2.75, 3.05) is 13.1 Å².